The molecule has 0 radical (unpaired) electrons. The van der Waals surface area contributed by atoms with E-state index in [9.17, 15) is 19.5 Å². The molecule has 0 spiro atoms. The number of rotatable bonds is 33. The molecule has 13 rings (SSSR count). The monoisotopic (exact) mass is 1460 g/mol. The van der Waals surface area contributed by atoms with Gasteiger partial charge in [0.2, 0.25) is 0 Å². The van der Waals surface area contributed by atoms with Gasteiger partial charge in [-0.25, -0.2) is 19.2 Å². The van der Waals surface area contributed by atoms with Gasteiger partial charge in [0.1, 0.15) is 48.8 Å². The third kappa shape index (κ3) is 20.8. The van der Waals surface area contributed by atoms with Gasteiger partial charge in [-0.05, 0) is 81.9 Å². The lowest BCUT2D eigenvalue weighted by molar-refractivity contribution is -0.347. The second kappa shape index (κ2) is 38.9. The molecule has 3 aliphatic rings. The third-order valence-corrected chi connectivity index (χ3v) is 18.5. The Labute approximate surface area is 626 Å². The van der Waals surface area contributed by atoms with Crippen LogP contribution < -0.4 is 0 Å². The van der Waals surface area contributed by atoms with Crippen molar-refractivity contribution in [2.24, 2.45) is 0 Å². The van der Waals surface area contributed by atoms with E-state index in [0.717, 1.165) is 33.4 Å². The van der Waals surface area contributed by atoms with Crippen molar-refractivity contribution >= 4 is 23.9 Å². The number of benzene rings is 10. The molecule has 15 atom stereocenters. The number of hydrogen-bond acceptors (Lipinski definition) is 20. The summed E-state index contributed by atoms with van der Waals surface area (Å²) >= 11 is 0. The minimum absolute atomic E-state index is 0.00137. The first-order chi connectivity index (χ1) is 53.1. The van der Waals surface area contributed by atoms with Crippen molar-refractivity contribution in [3.8, 4) is 0 Å². The van der Waals surface area contributed by atoms with Crippen LogP contribution in [0.3, 0.4) is 0 Å². The summed E-state index contributed by atoms with van der Waals surface area (Å²) in [7, 11) is 0. The molecule has 556 valence electrons. The first-order valence-electron chi connectivity index (χ1n) is 35.9. The molecule has 1 N–H and O–H groups in total. The van der Waals surface area contributed by atoms with Crippen LogP contribution in [0.15, 0.2) is 303 Å². The average molecular weight is 1460 g/mol. The van der Waals surface area contributed by atoms with E-state index in [2.05, 4.69) is 0 Å². The van der Waals surface area contributed by atoms with Gasteiger partial charge in [0.25, 0.3) is 0 Å². The minimum atomic E-state index is -1.82. The summed E-state index contributed by atoms with van der Waals surface area (Å²) in [6, 6.07) is 89.6. The van der Waals surface area contributed by atoms with Crippen LogP contribution in [0, 0.1) is 0 Å². The van der Waals surface area contributed by atoms with E-state index >= 15 is 4.79 Å². The largest absolute Gasteiger partial charge is 0.452 e. The van der Waals surface area contributed by atoms with E-state index < -0.39 is 129 Å². The molecule has 10 aromatic rings. The number of carbonyl (C=O) groups is 4. The molecule has 20 heteroatoms. The van der Waals surface area contributed by atoms with Gasteiger partial charge in [0.15, 0.2) is 43.3 Å². The quantitative estimate of drug-likeness (QED) is 0.0298. The highest BCUT2D eigenvalue weighted by Gasteiger charge is 2.57. The second-order valence-corrected chi connectivity index (χ2v) is 26.1. The lowest BCUT2D eigenvalue weighted by Crippen LogP contribution is -2.65. The summed E-state index contributed by atoms with van der Waals surface area (Å²) in [4.78, 5) is 59.7. The summed E-state index contributed by atoms with van der Waals surface area (Å²) in [5, 5.41) is 12.4. The van der Waals surface area contributed by atoms with Crippen molar-refractivity contribution < 1.29 is 95.3 Å². The smallest absolute Gasteiger partial charge is 0.338 e. The Morgan fingerprint density at radius 3 is 0.815 bits per heavy atom. The Hall–Kier alpha value is -10.4. The molecule has 0 amide bonds. The van der Waals surface area contributed by atoms with Gasteiger partial charge < -0.3 is 76.2 Å². The van der Waals surface area contributed by atoms with E-state index in [-0.39, 0.29) is 68.5 Å². The molecule has 3 heterocycles. The molecule has 3 saturated heterocycles. The number of aliphatic hydroxyl groups is 1. The lowest BCUT2D eigenvalue weighted by atomic mass is 9.96. The summed E-state index contributed by atoms with van der Waals surface area (Å²) < 4.78 is 102. The highest BCUT2D eigenvalue weighted by molar-refractivity contribution is 5.91. The fourth-order valence-electron chi connectivity index (χ4n) is 13.0. The first-order valence-corrected chi connectivity index (χ1v) is 35.9. The predicted octanol–water partition coefficient (Wildman–Crippen LogP) is 13.2. The van der Waals surface area contributed by atoms with Crippen molar-refractivity contribution in [1.82, 2.24) is 0 Å². The molecule has 108 heavy (non-hydrogen) atoms. The van der Waals surface area contributed by atoms with Gasteiger partial charge in [-0.3, -0.25) is 0 Å². The van der Waals surface area contributed by atoms with Crippen LogP contribution in [0.1, 0.15) is 74.8 Å². The van der Waals surface area contributed by atoms with E-state index in [1.165, 1.54) is 36.4 Å². The standard InChI is InChI=1S/C88H84O20/c89-82(66-43-23-7-24-44-66)105-75-72(59-101-87-80(107-84(91)68-47-27-9-28-48-68)77(98-55-64-39-19-5-20-40-64)73(95-52-61-33-13-2-14-34-61)70(103-87)57-94-51-60-31-11-1-12-32-60)104-88(81(108-85(92)69-49-29-10-30-50-69)78(75)106-83(90)67-45-25-8-26-46-67)100-58-71-74(96-53-62-35-15-3-16-36-62)76(97-54-63-37-17-4-18-38-63)79(86(93)102-71)99-56-65-41-21-6-22-42-65/h1-50,70-81,86-88,93H,51-59H2/t70-,71-,72-,73-,74-,75-,76+,77+,78+,79-,80-,81-,86+,87-,88-/m1/s1. The van der Waals surface area contributed by atoms with Gasteiger partial charge in [0, 0.05) is 0 Å². The van der Waals surface area contributed by atoms with Crippen LogP contribution >= 0.6 is 0 Å². The molecular formula is C88H84O20. The van der Waals surface area contributed by atoms with Gasteiger partial charge in [-0.2, -0.15) is 0 Å². The van der Waals surface area contributed by atoms with Crippen LogP contribution in [-0.4, -0.2) is 141 Å². The molecule has 20 nitrogen and oxygen atoms in total. The number of carbonyl (C=O) groups excluding carboxylic acids is 4. The zero-order valence-electron chi connectivity index (χ0n) is 59.1. The van der Waals surface area contributed by atoms with E-state index in [1.807, 2.05) is 182 Å². The Bertz CT molecular complexity index is 4330. The lowest BCUT2D eigenvalue weighted by Gasteiger charge is -2.47. The van der Waals surface area contributed by atoms with Crippen molar-refractivity contribution in [2.45, 2.75) is 132 Å². The van der Waals surface area contributed by atoms with Gasteiger partial charge in [0.05, 0.1) is 81.7 Å². The number of ether oxygens (including phenoxy) is 15. The Morgan fingerprint density at radius 2 is 0.481 bits per heavy atom. The average Bonchev–Trinajstić information content (AvgIpc) is 0.775. The molecule has 0 aromatic heterocycles. The molecule has 0 bridgehead atoms. The highest BCUT2D eigenvalue weighted by atomic mass is 16.8. The molecule has 0 aliphatic carbocycles. The molecule has 3 fully saturated rings. The van der Waals surface area contributed by atoms with Crippen LogP contribution in [0.5, 0.6) is 0 Å². The highest BCUT2D eigenvalue weighted by Crippen LogP contribution is 2.37. The predicted molar refractivity (Wildman–Crippen MR) is 394 cm³/mol. The number of aliphatic hydroxyl groups excluding tert-OH is 1. The van der Waals surface area contributed by atoms with Gasteiger partial charge >= 0.3 is 23.9 Å². The number of hydrogen-bond donors (Lipinski definition) is 1. The summed E-state index contributed by atoms with van der Waals surface area (Å²) in [6.45, 7) is -0.883. The Morgan fingerprint density at radius 1 is 0.241 bits per heavy atom. The molecule has 10 aromatic carbocycles. The molecule has 0 saturated carbocycles. The summed E-state index contributed by atoms with van der Waals surface area (Å²) in [6.07, 6.45) is -21.3. The number of esters is 4. The van der Waals surface area contributed by atoms with Crippen LogP contribution in [-0.2, 0) is 111 Å². The Kier molecular flexibility index (Phi) is 27.3. The SMILES string of the molecule is O=C(O[C@@H]1[C@@H](OC(=O)c2ccccc2)[C@H](OC[C@H]2O[C@H](O)[C@H](OCc3ccccc3)[C@@H](OCc3ccccc3)[C@@H]2OCc2ccccc2)O[C@H](CO[C@@H]2O[C@H](COCc3ccccc3)[C@@H](OCc3ccccc3)[C@H](OCc3ccccc3)[C@H]2OC(=O)c2ccccc2)[C@H]1OC(=O)c1ccccc1)c1ccccc1. The van der Waals surface area contributed by atoms with Crippen molar-refractivity contribution in [2.75, 3.05) is 19.8 Å². The minimum Gasteiger partial charge on any atom is -0.452 e. The van der Waals surface area contributed by atoms with Crippen molar-refractivity contribution in [3.63, 3.8) is 0 Å². The zero-order valence-corrected chi connectivity index (χ0v) is 59.1. The van der Waals surface area contributed by atoms with Crippen molar-refractivity contribution in [1.29, 1.82) is 0 Å². The van der Waals surface area contributed by atoms with E-state index in [4.69, 9.17) is 71.1 Å². The fraction of sp³-hybridized carbons (Fsp3) is 0.273. The first kappa shape index (κ1) is 75.8. The summed E-state index contributed by atoms with van der Waals surface area (Å²) in [5.74, 6) is -3.49. The van der Waals surface area contributed by atoms with Crippen LogP contribution in [0.25, 0.3) is 0 Å². The maximum atomic E-state index is 15.0. The maximum absolute atomic E-state index is 15.0. The Balaban J connectivity index is 0.905. The molecular weight excluding hydrogens is 1380 g/mol. The van der Waals surface area contributed by atoms with E-state index in [1.54, 1.807) is 84.9 Å². The third-order valence-electron chi connectivity index (χ3n) is 18.5. The summed E-state index contributed by atoms with van der Waals surface area (Å²) in [5.41, 5.74) is 5.37. The van der Waals surface area contributed by atoms with Crippen LogP contribution in [0.4, 0.5) is 0 Å². The van der Waals surface area contributed by atoms with Gasteiger partial charge in [-0.15, -0.1) is 0 Å². The zero-order chi connectivity index (χ0) is 74.1. The van der Waals surface area contributed by atoms with Gasteiger partial charge in [-0.1, -0.05) is 255 Å². The topological polar surface area (TPSA) is 227 Å². The second-order valence-electron chi connectivity index (χ2n) is 26.1. The van der Waals surface area contributed by atoms with E-state index in [0.29, 0.717) is 0 Å². The normalized spacial score (nSPS) is 24.0. The van der Waals surface area contributed by atoms with Crippen LogP contribution in [0.2, 0.25) is 0 Å². The fourth-order valence-corrected chi connectivity index (χ4v) is 13.0. The molecule has 0 unspecified atom stereocenters. The molecule has 3 aliphatic heterocycles. The van der Waals surface area contributed by atoms with Crippen molar-refractivity contribution in [3.05, 3.63) is 359 Å². The maximum Gasteiger partial charge on any atom is 0.338 e.